The summed E-state index contributed by atoms with van der Waals surface area (Å²) in [7, 11) is 0. The summed E-state index contributed by atoms with van der Waals surface area (Å²) in [6.45, 7) is 5.74. The molecule has 0 saturated heterocycles. The van der Waals surface area contributed by atoms with E-state index < -0.39 is 0 Å². The number of aliphatic imine (C=N–C) groups is 1. The molecule has 0 aliphatic heterocycles. The average molecular weight is 142 g/mol. The second-order valence-electron chi connectivity index (χ2n) is 2.32. The number of carbonyl (C=O) groups excluding carboxylic acids is 1. The van der Waals surface area contributed by atoms with Crippen LogP contribution in [-0.4, -0.2) is 18.3 Å². The molecule has 3 heteroatoms. The zero-order valence-electron chi connectivity index (χ0n) is 6.72. The maximum Gasteiger partial charge on any atom is 0.340 e. The summed E-state index contributed by atoms with van der Waals surface area (Å²) in [6, 6.07) is -0.0849. The van der Waals surface area contributed by atoms with E-state index in [1.54, 1.807) is 6.21 Å². The molecule has 0 aliphatic carbocycles. The Balaban J connectivity index is 3.54. The van der Waals surface area contributed by atoms with Crippen LogP contribution in [0.5, 0.6) is 0 Å². The highest BCUT2D eigenvalue weighted by molar-refractivity contribution is 5.83. The summed E-state index contributed by atoms with van der Waals surface area (Å²) in [6.07, 6.45) is 2.39. The molecule has 1 N–H and O–H groups in total. The Kier molecular flexibility index (Phi) is 4.54. The standard InChI is InChI=1S/C7H14N2O/c1-4-5-8-7(10)9-6(2)3/h5-6H,4H2,1-3H3,(H,9,10). The molecule has 3 nitrogen and oxygen atoms in total. The van der Waals surface area contributed by atoms with Crippen molar-refractivity contribution in [2.75, 3.05) is 0 Å². The minimum absolute atomic E-state index is 0.168. The van der Waals surface area contributed by atoms with Crippen molar-refractivity contribution >= 4 is 12.2 Å². The first-order valence-electron chi connectivity index (χ1n) is 3.49. The van der Waals surface area contributed by atoms with Gasteiger partial charge in [0.25, 0.3) is 0 Å². The summed E-state index contributed by atoms with van der Waals surface area (Å²) in [4.78, 5) is 14.3. The van der Waals surface area contributed by atoms with Crippen LogP contribution in [0.15, 0.2) is 4.99 Å². The molecule has 0 rings (SSSR count). The fourth-order valence-corrected chi connectivity index (χ4v) is 0.458. The summed E-state index contributed by atoms with van der Waals surface area (Å²) in [5, 5.41) is 2.64. The normalized spacial score (nSPS) is 10.8. The van der Waals surface area contributed by atoms with Crippen molar-refractivity contribution in [3.63, 3.8) is 0 Å². The molecule has 0 heterocycles. The van der Waals surface area contributed by atoms with Crippen LogP contribution in [-0.2, 0) is 0 Å². The maximum atomic E-state index is 10.7. The van der Waals surface area contributed by atoms with Gasteiger partial charge in [0.15, 0.2) is 0 Å². The second-order valence-corrected chi connectivity index (χ2v) is 2.32. The monoisotopic (exact) mass is 142 g/mol. The quantitative estimate of drug-likeness (QED) is 0.584. The predicted molar refractivity (Wildman–Crippen MR) is 42.5 cm³/mol. The first-order valence-corrected chi connectivity index (χ1v) is 3.49. The van der Waals surface area contributed by atoms with Crippen LogP contribution in [0.4, 0.5) is 4.79 Å². The van der Waals surface area contributed by atoms with Gasteiger partial charge in [-0.05, 0) is 20.3 Å². The number of nitrogens with one attached hydrogen (secondary N) is 1. The van der Waals surface area contributed by atoms with E-state index in [-0.39, 0.29) is 12.1 Å². The van der Waals surface area contributed by atoms with Crippen molar-refractivity contribution < 1.29 is 4.79 Å². The van der Waals surface area contributed by atoms with Crippen molar-refractivity contribution in [2.24, 2.45) is 4.99 Å². The molecule has 0 unspecified atom stereocenters. The molecule has 0 radical (unpaired) electrons. The first-order chi connectivity index (χ1) is 4.66. The van der Waals surface area contributed by atoms with Gasteiger partial charge < -0.3 is 5.32 Å². The predicted octanol–water partition coefficient (Wildman–Crippen LogP) is 1.59. The molecule has 0 fully saturated rings. The Hall–Kier alpha value is -0.860. The lowest BCUT2D eigenvalue weighted by molar-refractivity contribution is 0.247. The summed E-state index contributed by atoms with van der Waals surface area (Å²) >= 11 is 0. The Morgan fingerprint density at radius 3 is 2.70 bits per heavy atom. The number of rotatable bonds is 2. The van der Waals surface area contributed by atoms with Gasteiger partial charge in [-0.1, -0.05) is 6.92 Å². The van der Waals surface area contributed by atoms with Crippen molar-refractivity contribution in [2.45, 2.75) is 33.2 Å². The van der Waals surface area contributed by atoms with Gasteiger partial charge in [0, 0.05) is 12.3 Å². The summed E-state index contributed by atoms with van der Waals surface area (Å²) < 4.78 is 0. The van der Waals surface area contributed by atoms with Crippen LogP contribution < -0.4 is 5.32 Å². The minimum Gasteiger partial charge on any atom is -0.334 e. The molecule has 2 amide bonds. The highest BCUT2D eigenvalue weighted by Crippen LogP contribution is 1.80. The van der Waals surface area contributed by atoms with Crippen molar-refractivity contribution in [3.05, 3.63) is 0 Å². The van der Waals surface area contributed by atoms with E-state index in [0.29, 0.717) is 0 Å². The molecule has 0 aromatic carbocycles. The lowest BCUT2D eigenvalue weighted by Gasteiger charge is -2.02. The van der Waals surface area contributed by atoms with E-state index in [9.17, 15) is 4.79 Å². The largest absolute Gasteiger partial charge is 0.340 e. The van der Waals surface area contributed by atoms with Crippen LogP contribution in [0.3, 0.4) is 0 Å². The Morgan fingerprint density at radius 2 is 2.30 bits per heavy atom. The topological polar surface area (TPSA) is 41.5 Å². The minimum atomic E-state index is -0.253. The number of amides is 2. The molecule has 58 valence electrons. The van der Waals surface area contributed by atoms with E-state index in [4.69, 9.17) is 0 Å². The fourth-order valence-electron chi connectivity index (χ4n) is 0.458. The molecule has 0 bridgehead atoms. The van der Waals surface area contributed by atoms with E-state index in [0.717, 1.165) is 6.42 Å². The third-order valence-electron chi connectivity index (χ3n) is 0.803. The molecule has 0 saturated carbocycles. The lowest BCUT2D eigenvalue weighted by atomic mass is 10.4. The van der Waals surface area contributed by atoms with E-state index in [2.05, 4.69) is 10.3 Å². The van der Waals surface area contributed by atoms with E-state index >= 15 is 0 Å². The average Bonchev–Trinajstić information content (AvgIpc) is 1.82. The Bertz CT molecular complexity index is 130. The van der Waals surface area contributed by atoms with Crippen LogP contribution in [0.25, 0.3) is 0 Å². The number of hydrogen-bond acceptors (Lipinski definition) is 1. The van der Waals surface area contributed by atoms with Crippen molar-refractivity contribution in [1.29, 1.82) is 0 Å². The smallest absolute Gasteiger partial charge is 0.334 e. The van der Waals surface area contributed by atoms with Gasteiger partial charge in [0.05, 0.1) is 0 Å². The van der Waals surface area contributed by atoms with Gasteiger partial charge in [-0.15, -0.1) is 0 Å². The van der Waals surface area contributed by atoms with Crippen LogP contribution >= 0.6 is 0 Å². The third kappa shape index (κ3) is 5.28. The molecule has 0 aliphatic rings. The summed E-state index contributed by atoms with van der Waals surface area (Å²) in [5.74, 6) is 0. The molecule has 10 heavy (non-hydrogen) atoms. The first kappa shape index (κ1) is 9.14. The zero-order valence-corrected chi connectivity index (χ0v) is 6.72. The number of nitrogens with zero attached hydrogens (tertiary/aromatic N) is 1. The number of urea groups is 1. The van der Waals surface area contributed by atoms with Crippen molar-refractivity contribution in [3.8, 4) is 0 Å². The molecule has 0 atom stereocenters. The zero-order chi connectivity index (χ0) is 7.98. The molecular weight excluding hydrogens is 128 g/mol. The van der Waals surface area contributed by atoms with Crippen LogP contribution in [0.1, 0.15) is 27.2 Å². The maximum absolute atomic E-state index is 10.7. The SMILES string of the molecule is CCC=NC(=O)NC(C)C. The van der Waals surface area contributed by atoms with Gasteiger partial charge in [0.1, 0.15) is 0 Å². The van der Waals surface area contributed by atoms with Gasteiger partial charge in [-0.2, -0.15) is 0 Å². The second kappa shape index (κ2) is 4.97. The van der Waals surface area contributed by atoms with Gasteiger partial charge >= 0.3 is 6.03 Å². The lowest BCUT2D eigenvalue weighted by Crippen LogP contribution is -2.27. The van der Waals surface area contributed by atoms with Crippen LogP contribution in [0.2, 0.25) is 0 Å². The molecule has 0 spiro atoms. The Labute approximate surface area is 61.5 Å². The fraction of sp³-hybridized carbons (Fsp3) is 0.714. The van der Waals surface area contributed by atoms with E-state index in [1.165, 1.54) is 0 Å². The number of hydrogen-bond donors (Lipinski definition) is 1. The van der Waals surface area contributed by atoms with Gasteiger partial charge in [0.2, 0.25) is 0 Å². The van der Waals surface area contributed by atoms with Crippen LogP contribution in [0, 0.1) is 0 Å². The van der Waals surface area contributed by atoms with Gasteiger partial charge in [-0.25, -0.2) is 9.79 Å². The molecular formula is C7H14N2O. The third-order valence-corrected chi connectivity index (χ3v) is 0.803. The highest BCUT2D eigenvalue weighted by Gasteiger charge is 1.96. The molecule has 0 aromatic rings. The highest BCUT2D eigenvalue weighted by atomic mass is 16.2. The molecule has 0 aromatic heterocycles. The van der Waals surface area contributed by atoms with Crippen molar-refractivity contribution in [1.82, 2.24) is 5.32 Å². The van der Waals surface area contributed by atoms with Gasteiger partial charge in [-0.3, -0.25) is 0 Å². The number of carbonyl (C=O) groups is 1. The van der Waals surface area contributed by atoms with E-state index in [1.807, 2.05) is 20.8 Å². The Morgan fingerprint density at radius 1 is 1.70 bits per heavy atom. The summed E-state index contributed by atoms with van der Waals surface area (Å²) in [5.41, 5.74) is 0.